The molecule has 2 unspecified atom stereocenters. The summed E-state index contributed by atoms with van der Waals surface area (Å²) in [5.74, 6) is 0.728. The molecule has 2 atom stereocenters. The van der Waals surface area contributed by atoms with Crippen molar-refractivity contribution >= 4 is 0 Å². The fraction of sp³-hybridized carbons (Fsp3) is 1.00. The molecule has 0 bridgehead atoms. The van der Waals surface area contributed by atoms with Gasteiger partial charge in [0.15, 0.2) is 0 Å². The van der Waals surface area contributed by atoms with Crippen molar-refractivity contribution in [2.45, 2.75) is 52.2 Å². The van der Waals surface area contributed by atoms with Gasteiger partial charge in [-0.25, -0.2) is 0 Å². The second kappa shape index (κ2) is 4.43. The fourth-order valence-electron chi connectivity index (χ4n) is 1.85. The van der Waals surface area contributed by atoms with Crippen LogP contribution in [0.3, 0.4) is 0 Å². The summed E-state index contributed by atoms with van der Waals surface area (Å²) in [6.07, 6.45) is 2.68. The minimum atomic E-state index is 0.0673. The first-order valence-electron chi connectivity index (χ1n) is 5.44. The molecule has 1 aliphatic heterocycles. The lowest BCUT2D eigenvalue weighted by Gasteiger charge is -2.39. The number of hydrogen-bond donors (Lipinski definition) is 1. The van der Waals surface area contributed by atoms with Crippen LogP contribution in [0.25, 0.3) is 0 Å². The predicted molar refractivity (Wildman–Crippen MR) is 55.9 cm³/mol. The van der Waals surface area contributed by atoms with Gasteiger partial charge in [0.1, 0.15) is 0 Å². The van der Waals surface area contributed by atoms with Crippen molar-refractivity contribution in [1.29, 1.82) is 0 Å². The third-order valence-electron chi connectivity index (χ3n) is 2.80. The first-order chi connectivity index (χ1) is 6.06. The van der Waals surface area contributed by atoms with E-state index >= 15 is 0 Å². The molecule has 78 valence electrons. The zero-order valence-corrected chi connectivity index (χ0v) is 9.39. The molecular formula is C11H23NO. The van der Waals surface area contributed by atoms with E-state index in [2.05, 4.69) is 33.0 Å². The molecule has 0 aromatic heterocycles. The maximum atomic E-state index is 6.07. The molecule has 0 radical (unpaired) electrons. The van der Waals surface area contributed by atoms with Crippen molar-refractivity contribution in [2.75, 3.05) is 13.1 Å². The second-order valence-corrected chi connectivity index (χ2v) is 4.80. The van der Waals surface area contributed by atoms with E-state index < -0.39 is 0 Å². The minimum absolute atomic E-state index is 0.0673. The number of hydrogen-bond acceptors (Lipinski definition) is 2. The topological polar surface area (TPSA) is 21.3 Å². The number of nitrogens with one attached hydrogen (secondary N) is 1. The van der Waals surface area contributed by atoms with Gasteiger partial charge in [-0.3, -0.25) is 0 Å². The van der Waals surface area contributed by atoms with Crippen molar-refractivity contribution in [3.63, 3.8) is 0 Å². The van der Waals surface area contributed by atoms with Crippen molar-refractivity contribution in [3.05, 3.63) is 0 Å². The Balaban J connectivity index is 2.42. The number of ether oxygens (including phenoxy) is 1. The molecule has 0 saturated carbocycles. The van der Waals surface area contributed by atoms with E-state index in [0.717, 1.165) is 25.4 Å². The molecule has 1 N–H and O–H groups in total. The van der Waals surface area contributed by atoms with Gasteiger partial charge in [0.05, 0.1) is 11.7 Å². The van der Waals surface area contributed by atoms with E-state index in [1.165, 1.54) is 6.42 Å². The molecule has 0 amide bonds. The van der Waals surface area contributed by atoms with Gasteiger partial charge in [-0.15, -0.1) is 0 Å². The average Bonchev–Trinajstić information content (AvgIpc) is 2.03. The predicted octanol–water partition coefficient (Wildman–Crippen LogP) is 2.19. The van der Waals surface area contributed by atoms with E-state index in [9.17, 15) is 0 Å². The smallest absolute Gasteiger partial charge is 0.0780 e. The standard InChI is InChI=1S/C11H23NO/c1-5-11(4)8-12-7-10(13-11)6-9(2)3/h9-10,12H,5-8H2,1-4H3. The van der Waals surface area contributed by atoms with Gasteiger partial charge in [-0.1, -0.05) is 20.8 Å². The number of rotatable bonds is 3. The Morgan fingerprint density at radius 1 is 1.54 bits per heavy atom. The molecular weight excluding hydrogens is 162 g/mol. The summed E-state index contributed by atoms with van der Waals surface area (Å²) in [5, 5.41) is 3.46. The summed E-state index contributed by atoms with van der Waals surface area (Å²) >= 11 is 0. The van der Waals surface area contributed by atoms with Crippen LogP contribution in [0.2, 0.25) is 0 Å². The maximum Gasteiger partial charge on any atom is 0.0780 e. The molecule has 0 aromatic carbocycles. The van der Waals surface area contributed by atoms with Crippen LogP contribution < -0.4 is 5.32 Å². The lowest BCUT2D eigenvalue weighted by Crippen LogP contribution is -2.52. The van der Waals surface area contributed by atoms with Crippen LogP contribution in [0.1, 0.15) is 40.5 Å². The van der Waals surface area contributed by atoms with Gasteiger partial charge in [-0.2, -0.15) is 0 Å². The van der Waals surface area contributed by atoms with Gasteiger partial charge in [0.2, 0.25) is 0 Å². The highest BCUT2D eigenvalue weighted by Crippen LogP contribution is 2.23. The Kier molecular flexibility index (Phi) is 3.74. The molecule has 1 fully saturated rings. The number of morpholine rings is 1. The second-order valence-electron chi connectivity index (χ2n) is 4.80. The fourth-order valence-corrected chi connectivity index (χ4v) is 1.85. The summed E-state index contributed by atoms with van der Waals surface area (Å²) in [5.41, 5.74) is 0.0673. The van der Waals surface area contributed by atoms with Crippen molar-refractivity contribution in [1.82, 2.24) is 5.32 Å². The Hall–Kier alpha value is -0.0800. The Bertz CT molecular complexity index is 158. The molecule has 1 saturated heterocycles. The largest absolute Gasteiger partial charge is 0.369 e. The maximum absolute atomic E-state index is 6.07. The average molecular weight is 185 g/mol. The van der Waals surface area contributed by atoms with Crippen LogP contribution in [0, 0.1) is 5.92 Å². The van der Waals surface area contributed by atoms with Crippen molar-refractivity contribution in [3.8, 4) is 0 Å². The first kappa shape index (κ1) is 11.0. The van der Waals surface area contributed by atoms with Crippen LogP contribution in [0.5, 0.6) is 0 Å². The van der Waals surface area contributed by atoms with Gasteiger partial charge in [-0.05, 0) is 25.7 Å². The zero-order valence-electron chi connectivity index (χ0n) is 9.39. The van der Waals surface area contributed by atoms with Gasteiger partial charge in [0.25, 0.3) is 0 Å². The highest BCUT2D eigenvalue weighted by Gasteiger charge is 2.31. The highest BCUT2D eigenvalue weighted by atomic mass is 16.5. The Labute approximate surface area is 82.0 Å². The first-order valence-corrected chi connectivity index (χ1v) is 5.44. The lowest BCUT2D eigenvalue weighted by molar-refractivity contribution is -0.112. The Morgan fingerprint density at radius 3 is 2.77 bits per heavy atom. The van der Waals surface area contributed by atoms with Crippen molar-refractivity contribution < 1.29 is 4.74 Å². The molecule has 1 rings (SSSR count). The molecule has 2 heteroatoms. The van der Waals surface area contributed by atoms with Crippen molar-refractivity contribution in [2.24, 2.45) is 5.92 Å². The van der Waals surface area contributed by atoms with Gasteiger partial charge in [0, 0.05) is 13.1 Å². The van der Waals surface area contributed by atoms with E-state index in [1.807, 2.05) is 0 Å². The van der Waals surface area contributed by atoms with Crippen LogP contribution in [-0.2, 0) is 4.74 Å². The molecule has 0 aromatic rings. The van der Waals surface area contributed by atoms with E-state index in [4.69, 9.17) is 4.74 Å². The molecule has 0 spiro atoms. The quantitative estimate of drug-likeness (QED) is 0.727. The Morgan fingerprint density at radius 2 is 2.23 bits per heavy atom. The zero-order chi connectivity index (χ0) is 9.90. The molecule has 2 nitrogen and oxygen atoms in total. The summed E-state index contributed by atoms with van der Waals surface area (Å²) < 4.78 is 6.07. The lowest BCUT2D eigenvalue weighted by atomic mass is 9.98. The molecule has 13 heavy (non-hydrogen) atoms. The van der Waals surface area contributed by atoms with Crippen LogP contribution >= 0.6 is 0 Å². The summed E-state index contributed by atoms with van der Waals surface area (Å²) in [6, 6.07) is 0. The molecule has 1 heterocycles. The normalized spacial score (nSPS) is 35.3. The van der Waals surface area contributed by atoms with Crippen LogP contribution in [-0.4, -0.2) is 24.8 Å². The highest BCUT2D eigenvalue weighted by molar-refractivity contribution is 4.84. The van der Waals surface area contributed by atoms with E-state index in [1.54, 1.807) is 0 Å². The third-order valence-corrected chi connectivity index (χ3v) is 2.80. The summed E-state index contributed by atoms with van der Waals surface area (Å²) in [6.45, 7) is 10.9. The van der Waals surface area contributed by atoms with E-state index in [-0.39, 0.29) is 5.60 Å². The van der Waals surface area contributed by atoms with Gasteiger partial charge < -0.3 is 10.1 Å². The molecule has 1 aliphatic rings. The summed E-state index contributed by atoms with van der Waals surface area (Å²) in [4.78, 5) is 0. The monoisotopic (exact) mass is 185 g/mol. The summed E-state index contributed by atoms with van der Waals surface area (Å²) in [7, 11) is 0. The van der Waals surface area contributed by atoms with E-state index in [0.29, 0.717) is 6.10 Å². The molecule has 0 aliphatic carbocycles. The van der Waals surface area contributed by atoms with Crippen LogP contribution in [0.4, 0.5) is 0 Å². The SMILES string of the molecule is CCC1(C)CNCC(CC(C)C)O1. The van der Waals surface area contributed by atoms with Crippen LogP contribution in [0.15, 0.2) is 0 Å². The minimum Gasteiger partial charge on any atom is -0.369 e. The van der Waals surface area contributed by atoms with Gasteiger partial charge >= 0.3 is 0 Å². The third kappa shape index (κ3) is 3.28.